The van der Waals surface area contributed by atoms with Gasteiger partial charge in [-0.15, -0.1) is 11.3 Å². The number of nitrogens with one attached hydrogen (secondary N) is 1. The van der Waals surface area contributed by atoms with Gasteiger partial charge in [0.25, 0.3) is 5.91 Å². The molecule has 0 aliphatic heterocycles. The number of ether oxygens (including phenoxy) is 1. The highest BCUT2D eigenvalue weighted by molar-refractivity contribution is 7.91. The van der Waals surface area contributed by atoms with Gasteiger partial charge in [-0.1, -0.05) is 18.2 Å². The molecule has 1 aromatic carbocycles. The van der Waals surface area contributed by atoms with Gasteiger partial charge in [0.15, 0.2) is 15.0 Å². The molecular formula is C20H22F2N2O4S2. The van der Waals surface area contributed by atoms with Crippen LogP contribution in [0, 0.1) is 5.92 Å². The number of halogens is 2. The number of aromatic nitrogens is 1. The van der Waals surface area contributed by atoms with Gasteiger partial charge in [0.1, 0.15) is 12.3 Å². The first-order valence-corrected chi connectivity index (χ1v) is 11.9. The number of amides is 1. The number of anilines is 1. The van der Waals surface area contributed by atoms with Gasteiger partial charge in [0.2, 0.25) is 0 Å². The van der Waals surface area contributed by atoms with Crippen LogP contribution in [0.5, 0.6) is 0 Å². The number of allylic oxidation sites excluding steroid dienone is 1. The van der Waals surface area contributed by atoms with Crippen molar-refractivity contribution in [2.75, 3.05) is 24.8 Å². The molecule has 0 spiro atoms. The van der Waals surface area contributed by atoms with Crippen LogP contribution in [0.25, 0.3) is 5.57 Å². The molecule has 0 unspecified atom stereocenters. The molecule has 1 aliphatic rings. The molecule has 2 aromatic rings. The molecule has 10 heteroatoms. The molecule has 1 fully saturated rings. The molecule has 6 nitrogen and oxygen atoms in total. The fourth-order valence-corrected chi connectivity index (χ4v) is 4.94. The highest BCUT2D eigenvalue weighted by atomic mass is 32.2. The molecule has 1 saturated carbocycles. The maximum absolute atomic E-state index is 13.6. The number of methoxy groups -OCH3 is 1. The van der Waals surface area contributed by atoms with E-state index in [1.54, 1.807) is 17.7 Å². The van der Waals surface area contributed by atoms with E-state index in [4.69, 9.17) is 4.74 Å². The number of hydrogen-bond acceptors (Lipinski definition) is 6. The number of rotatable bonds is 8. The lowest BCUT2D eigenvalue weighted by Gasteiger charge is -2.12. The van der Waals surface area contributed by atoms with E-state index < -0.39 is 34.0 Å². The van der Waals surface area contributed by atoms with Crippen LogP contribution in [0.3, 0.4) is 0 Å². The lowest BCUT2D eigenvalue weighted by molar-refractivity contribution is -0.111. The second kappa shape index (κ2) is 9.76. The highest BCUT2D eigenvalue weighted by Crippen LogP contribution is 2.34. The minimum Gasteiger partial charge on any atom is -0.384 e. The molecule has 0 saturated heterocycles. The van der Waals surface area contributed by atoms with Crippen molar-refractivity contribution in [3.8, 4) is 0 Å². The van der Waals surface area contributed by atoms with Crippen LogP contribution < -0.4 is 5.32 Å². The van der Waals surface area contributed by atoms with E-state index in [0.29, 0.717) is 10.7 Å². The third-order valence-electron chi connectivity index (χ3n) is 4.83. The zero-order valence-corrected chi connectivity index (χ0v) is 17.9. The first-order valence-electron chi connectivity index (χ1n) is 9.33. The number of carbonyl (C=O) groups is 1. The van der Waals surface area contributed by atoms with Gasteiger partial charge < -0.3 is 4.74 Å². The second-order valence-electron chi connectivity index (χ2n) is 6.97. The normalized spacial score (nSPS) is 22.2. The van der Waals surface area contributed by atoms with Gasteiger partial charge >= 0.3 is 0 Å². The molecule has 30 heavy (non-hydrogen) atoms. The smallest absolute Gasteiger partial charge is 0.257 e. The molecule has 3 rings (SSSR count). The zero-order valence-electron chi connectivity index (χ0n) is 16.3. The summed E-state index contributed by atoms with van der Waals surface area (Å²) in [7, 11) is -2.10. The van der Waals surface area contributed by atoms with E-state index in [9.17, 15) is 22.0 Å². The lowest BCUT2D eigenvalue weighted by atomic mass is 9.98. The Balaban J connectivity index is 1.88. The van der Waals surface area contributed by atoms with Crippen LogP contribution in [0.4, 0.5) is 13.9 Å². The quantitative estimate of drug-likeness (QED) is 0.613. The maximum atomic E-state index is 13.6. The first-order chi connectivity index (χ1) is 14.3. The number of benzene rings is 1. The lowest BCUT2D eigenvalue weighted by Crippen LogP contribution is -2.15. The number of sulfone groups is 1. The standard InChI is InChI=1S/C20H22F2N2O4S2/c1-28-7-9-30(26,27)15-4-2-14(3-5-15)16(10-13-11-17(21)18(22)12-13)19(25)24-20-23-6-8-29-20/h2-6,8,10,13,17-18H,7,9,11-12H2,1H3,(H,23,24,25)/b16-10+/t13-,17+,18-. The SMILES string of the molecule is COCCS(=O)(=O)c1ccc(/C(=C\[C@H]2C[C@@H](F)[C@@H](F)C2)C(=O)Nc2nccs2)cc1. The van der Waals surface area contributed by atoms with E-state index in [0.717, 1.165) is 0 Å². The zero-order chi connectivity index (χ0) is 21.7. The molecule has 3 atom stereocenters. The van der Waals surface area contributed by atoms with Crippen LogP contribution in [0.1, 0.15) is 18.4 Å². The average Bonchev–Trinajstić information content (AvgIpc) is 3.34. The van der Waals surface area contributed by atoms with Crippen molar-refractivity contribution in [3.05, 3.63) is 47.5 Å². The largest absolute Gasteiger partial charge is 0.384 e. The van der Waals surface area contributed by atoms with Gasteiger partial charge in [-0.3, -0.25) is 10.1 Å². The van der Waals surface area contributed by atoms with E-state index in [2.05, 4.69) is 10.3 Å². The summed E-state index contributed by atoms with van der Waals surface area (Å²) in [5, 5.41) is 4.76. The van der Waals surface area contributed by atoms with Gasteiger partial charge in [-0.2, -0.15) is 0 Å². The van der Waals surface area contributed by atoms with E-state index >= 15 is 0 Å². The summed E-state index contributed by atoms with van der Waals surface area (Å²) in [6.07, 6.45) is -0.00608. The van der Waals surface area contributed by atoms with Crippen molar-refractivity contribution in [1.82, 2.24) is 4.98 Å². The summed E-state index contributed by atoms with van der Waals surface area (Å²) in [5.74, 6) is -1.07. The minimum absolute atomic E-state index is 0.00131. The van der Waals surface area contributed by atoms with Crippen LogP contribution in [-0.2, 0) is 19.4 Å². The van der Waals surface area contributed by atoms with Crippen LogP contribution in [0.15, 0.2) is 46.8 Å². The van der Waals surface area contributed by atoms with Gasteiger partial charge in [0, 0.05) is 24.3 Å². The van der Waals surface area contributed by atoms with Crippen molar-refractivity contribution in [1.29, 1.82) is 0 Å². The maximum Gasteiger partial charge on any atom is 0.257 e. The molecule has 162 valence electrons. The summed E-state index contributed by atoms with van der Waals surface area (Å²) in [6, 6.07) is 5.86. The average molecular weight is 457 g/mol. The topological polar surface area (TPSA) is 85.4 Å². The Hall–Kier alpha value is -2.17. The number of thiazole rings is 1. The van der Waals surface area contributed by atoms with E-state index in [1.165, 1.54) is 42.7 Å². The minimum atomic E-state index is -3.52. The van der Waals surface area contributed by atoms with Gasteiger partial charge in [-0.05, 0) is 36.5 Å². The van der Waals surface area contributed by atoms with Crippen LogP contribution in [-0.4, -0.2) is 51.1 Å². The van der Waals surface area contributed by atoms with Crippen molar-refractivity contribution >= 4 is 37.8 Å². The predicted molar refractivity (Wildman–Crippen MR) is 112 cm³/mol. The third kappa shape index (κ3) is 5.50. The summed E-state index contributed by atoms with van der Waals surface area (Å²) in [6.45, 7) is 0.0714. The molecule has 1 aromatic heterocycles. The Kier molecular flexibility index (Phi) is 7.32. The summed E-state index contributed by atoms with van der Waals surface area (Å²) >= 11 is 1.24. The predicted octanol–water partition coefficient (Wildman–Crippen LogP) is 3.67. The van der Waals surface area contributed by atoms with Crippen molar-refractivity contribution < 1.29 is 26.7 Å². The van der Waals surface area contributed by atoms with Crippen molar-refractivity contribution in [2.45, 2.75) is 30.1 Å². The van der Waals surface area contributed by atoms with Gasteiger partial charge in [-0.25, -0.2) is 22.2 Å². The fraction of sp³-hybridized carbons (Fsp3) is 0.400. The molecule has 1 heterocycles. The summed E-state index contributed by atoms with van der Waals surface area (Å²) in [4.78, 5) is 17.0. The number of alkyl halides is 2. The van der Waals surface area contributed by atoms with E-state index in [-0.39, 0.29) is 35.7 Å². The van der Waals surface area contributed by atoms with Gasteiger partial charge in [0.05, 0.1) is 17.3 Å². The molecule has 1 amide bonds. The van der Waals surface area contributed by atoms with Crippen LogP contribution in [0.2, 0.25) is 0 Å². The Morgan fingerprint density at radius 3 is 2.50 bits per heavy atom. The Morgan fingerprint density at radius 1 is 1.27 bits per heavy atom. The molecule has 0 bridgehead atoms. The monoisotopic (exact) mass is 456 g/mol. The first kappa shape index (κ1) is 22.5. The van der Waals surface area contributed by atoms with Crippen LogP contribution >= 0.6 is 11.3 Å². The Labute approximate surface area is 177 Å². The van der Waals surface area contributed by atoms with E-state index in [1.807, 2.05) is 0 Å². The third-order valence-corrected chi connectivity index (χ3v) is 7.21. The fourth-order valence-electron chi connectivity index (χ4n) is 3.25. The number of nitrogens with zero attached hydrogens (tertiary/aromatic N) is 1. The molecule has 0 radical (unpaired) electrons. The second-order valence-corrected chi connectivity index (χ2v) is 9.97. The summed E-state index contributed by atoms with van der Waals surface area (Å²) < 4.78 is 56.7. The van der Waals surface area contributed by atoms with Crippen molar-refractivity contribution in [2.24, 2.45) is 5.92 Å². The number of carbonyl (C=O) groups excluding carboxylic acids is 1. The molecule has 1 N–H and O–H groups in total. The van der Waals surface area contributed by atoms with Crippen molar-refractivity contribution in [3.63, 3.8) is 0 Å². The molecule has 1 aliphatic carbocycles. The summed E-state index contributed by atoms with van der Waals surface area (Å²) in [5.41, 5.74) is 0.671. The Bertz CT molecular complexity index is 982. The number of hydrogen-bond donors (Lipinski definition) is 1. The Morgan fingerprint density at radius 2 is 1.93 bits per heavy atom. The highest BCUT2D eigenvalue weighted by Gasteiger charge is 2.34. The molecular weight excluding hydrogens is 434 g/mol.